The van der Waals surface area contributed by atoms with Gasteiger partial charge in [0.25, 0.3) is 0 Å². The van der Waals surface area contributed by atoms with E-state index >= 15 is 0 Å². The van der Waals surface area contributed by atoms with Crippen molar-refractivity contribution in [3.63, 3.8) is 0 Å². The Morgan fingerprint density at radius 1 is 1.35 bits per heavy atom. The molecular weight excluding hydrogens is 331 g/mol. The molecule has 2 unspecified atom stereocenters. The first-order valence-electron chi connectivity index (χ1n) is 7.48. The second kappa shape index (κ2) is 5.73. The van der Waals surface area contributed by atoms with Crippen LogP contribution in [0, 0.1) is 0 Å². The van der Waals surface area contributed by atoms with Crippen LogP contribution in [0.4, 0.5) is 13.2 Å². The molecule has 0 amide bonds. The van der Waals surface area contributed by atoms with Crippen molar-refractivity contribution in [2.24, 2.45) is 0 Å². The van der Waals surface area contributed by atoms with E-state index < -0.39 is 28.1 Å². The molecule has 8 heteroatoms. The van der Waals surface area contributed by atoms with Gasteiger partial charge in [-0.1, -0.05) is 6.42 Å². The fraction of sp³-hybridized carbons (Fsp3) is 0.667. The summed E-state index contributed by atoms with van der Waals surface area (Å²) in [5.74, 6) is -0.00810. The molecule has 0 aliphatic carbocycles. The van der Waals surface area contributed by atoms with Gasteiger partial charge in [0.1, 0.15) is 0 Å². The number of fused-ring (bicyclic) bond motifs is 2. The molecule has 2 aliphatic heterocycles. The molecule has 1 aromatic rings. The monoisotopic (exact) mass is 349 g/mol. The van der Waals surface area contributed by atoms with Gasteiger partial charge in [-0.25, -0.2) is 4.98 Å². The van der Waals surface area contributed by atoms with Crippen molar-refractivity contribution < 1.29 is 27.2 Å². The standard InChI is InChI=1S/C15H18F3NO3S/c1-22-13-12(5-9(8-19-13)15(16,17)18)14(20)6-10-3-2-4-11(7-14)23(10)21/h5,8,10-11,20H,2-4,6-7H2,1H3. The van der Waals surface area contributed by atoms with E-state index in [-0.39, 0.29) is 34.8 Å². The highest BCUT2D eigenvalue weighted by atomic mass is 32.2. The maximum absolute atomic E-state index is 13.0. The number of methoxy groups -OCH3 is 1. The van der Waals surface area contributed by atoms with Crippen LogP contribution in [0.2, 0.25) is 0 Å². The Labute approximate surface area is 134 Å². The van der Waals surface area contributed by atoms with Crippen LogP contribution in [-0.4, -0.2) is 31.9 Å². The highest BCUT2D eigenvalue weighted by molar-refractivity contribution is 7.86. The summed E-state index contributed by atoms with van der Waals surface area (Å²) in [6, 6.07) is 0.912. The minimum absolute atomic E-state index is 0.00810. The number of ether oxygens (including phenoxy) is 1. The maximum atomic E-state index is 13.0. The van der Waals surface area contributed by atoms with Crippen molar-refractivity contribution in [1.82, 2.24) is 4.98 Å². The van der Waals surface area contributed by atoms with E-state index in [0.29, 0.717) is 6.20 Å². The number of aromatic nitrogens is 1. The van der Waals surface area contributed by atoms with Gasteiger partial charge >= 0.3 is 6.18 Å². The molecule has 1 N–H and O–H groups in total. The van der Waals surface area contributed by atoms with Crippen LogP contribution in [0.25, 0.3) is 0 Å². The fourth-order valence-corrected chi connectivity index (χ4v) is 5.83. The molecule has 2 saturated heterocycles. The highest BCUT2D eigenvalue weighted by Gasteiger charge is 2.48. The summed E-state index contributed by atoms with van der Waals surface area (Å²) in [6.45, 7) is 0. The van der Waals surface area contributed by atoms with Gasteiger partial charge in [0, 0.05) is 33.1 Å². The molecule has 3 rings (SSSR count). The fourth-order valence-electron chi connectivity index (χ4n) is 3.61. The third-order valence-electron chi connectivity index (χ3n) is 4.71. The zero-order valence-electron chi connectivity index (χ0n) is 12.6. The minimum atomic E-state index is -4.54. The van der Waals surface area contributed by atoms with Crippen LogP contribution in [0.5, 0.6) is 5.88 Å². The molecule has 0 saturated carbocycles. The third kappa shape index (κ3) is 2.98. The Balaban J connectivity index is 2.04. The summed E-state index contributed by atoms with van der Waals surface area (Å²) in [4.78, 5) is 3.72. The number of hydrogen-bond donors (Lipinski definition) is 1. The quantitative estimate of drug-likeness (QED) is 0.892. The lowest BCUT2D eigenvalue weighted by Gasteiger charge is -2.43. The Morgan fingerprint density at radius 3 is 2.48 bits per heavy atom. The molecule has 23 heavy (non-hydrogen) atoms. The molecule has 4 nitrogen and oxygen atoms in total. The average molecular weight is 349 g/mol. The molecule has 2 aliphatic rings. The largest absolute Gasteiger partial charge is 0.481 e. The topological polar surface area (TPSA) is 59.4 Å². The van der Waals surface area contributed by atoms with Gasteiger partial charge in [-0.05, 0) is 31.7 Å². The van der Waals surface area contributed by atoms with Crippen LogP contribution >= 0.6 is 0 Å². The summed E-state index contributed by atoms with van der Waals surface area (Å²) >= 11 is 0. The molecule has 0 aromatic carbocycles. The summed E-state index contributed by atoms with van der Waals surface area (Å²) in [6.07, 6.45) is -1.11. The third-order valence-corrected chi connectivity index (χ3v) is 6.83. The molecule has 1 aromatic heterocycles. The average Bonchev–Trinajstić information content (AvgIpc) is 2.47. The first-order valence-corrected chi connectivity index (χ1v) is 8.76. The van der Waals surface area contributed by atoms with E-state index in [4.69, 9.17) is 4.74 Å². The van der Waals surface area contributed by atoms with Gasteiger partial charge in [0.05, 0.1) is 18.3 Å². The van der Waals surface area contributed by atoms with Crippen LogP contribution in [0.1, 0.15) is 43.2 Å². The van der Waals surface area contributed by atoms with Crippen molar-refractivity contribution in [3.05, 3.63) is 23.4 Å². The number of aliphatic hydroxyl groups is 1. The lowest BCUT2D eigenvalue weighted by Crippen LogP contribution is -2.47. The number of halogens is 3. The predicted molar refractivity (Wildman–Crippen MR) is 78.5 cm³/mol. The summed E-state index contributed by atoms with van der Waals surface area (Å²) in [5, 5.41) is 10.7. The van der Waals surface area contributed by atoms with Crippen LogP contribution in [0.15, 0.2) is 12.3 Å². The Kier molecular flexibility index (Phi) is 4.16. The van der Waals surface area contributed by atoms with Crippen LogP contribution in [-0.2, 0) is 22.6 Å². The normalized spacial score (nSPS) is 34.2. The lowest BCUT2D eigenvalue weighted by molar-refractivity contribution is -0.138. The van der Waals surface area contributed by atoms with E-state index in [9.17, 15) is 22.5 Å². The van der Waals surface area contributed by atoms with E-state index in [1.807, 2.05) is 0 Å². The second-order valence-electron chi connectivity index (χ2n) is 6.22. The maximum Gasteiger partial charge on any atom is 0.417 e. The van der Waals surface area contributed by atoms with Gasteiger partial charge in [-0.2, -0.15) is 13.2 Å². The summed E-state index contributed by atoms with van der Waals surface area (Å²) in [7, 11) is 0.279. The van der Waals surface area contributed by atoms with Crippen molar-refractivity contribution in [2.75, 3.05) is 7.11 Å². The van der Waals surface area contributed by atoms with Crippen molar-refractivity contribution in [3.8, 4) is 5.88 Å². The van der Waals surface area contributed by atoms with Gasteiger partial charge in [-0.3, -0.25) is 4.21 Å². The molecule has 128 valence electrons. The van der Waals surface area contributed by atoms with E-state index in [2.05, 4.69) is 4.98 Å². The first-order chi connectivity index (χ1) is 10.7. The second-order valence-corrected chi connectivity index (χ2v) is 8.21. The Morgan fingerprint density at radius 2 is 1.96 bits per heavy atom. The zero-order chi connectivity index (χ0) is 16.8. The number of rotatable bonds is 2. The molecule has 2 atom stereocenters. The molecule has 0 radical (unpaired) electrons. The summed E-state index contributed by atoms with van der Waals surface area (Å²) in [5.41, 5.74) is -2.36. The SMILES string of the molecule is COc1ncc(C(F)(F)F)cc1C1(O)CC2CCCC(C1)S2=O. The molecule has 3 heterocycles. The van der Waals surface area contributed by atoms with E-state index in [1.54, 1.807) is 0 Å². The lowest BCUT2D eigenvalue weighted by atomic mass is 9.80. The van der Waals surface area contributed by atoms with Crippen molar-refractivity contribution in [2.45, 2.75) is 54.4 Å². The number of hydrogen-bond acceptors (Lipinski definition) is 4. The van der Waals surface area contributed by atoms with Crippen LogP contribution < -0.4 is 4.74 Å². The van der Waals surface area contributed by atoms with Gasteiger partial charge < -0.3 is 9.84 Å². The van der Waals surface area contributed by atoms with E-state index in [0.717, 1.165) is 25.3 Å². The number of pyridine rings is 1. The Bertz CT molecular complexity index is 619. The zero-order valence-corrected chi connectivity index (χ0v) is 13.4. The molecule has 2 bridgehead atoms. The molecule has 2 fully saturated rings. The highest BCUT2D eigenvalue weighted by Crippen LogP contribution is 2.47. The molecular formula is C15H18F3NO3S. The van der Waals surface area contributed by atoms with Crippen molar-refractivity contribution in [1.29, 1.82) is 0 Å². The van der Waals surface area contributed by atoms with Gasteiger partial charge in [0.2, 0.25) is 5.88 Å². The van der Waals surface area contributed by atoms with Gasteiger partial charge in [-0.15, -0.1) is 0 Å². The first kappa shape index (κ1) is 16.7. The predicted octanol–water partition coefficient (Wildman–Crippen LogP) is 2.76. The Hall–Kier alpha value is -1.15. The van der Waals surface area contributed by atoms with E-state index in [1.165, 1.54) is 7.11 Å². The number of alkyl halides is 3. The van der Waals surface area contributed by atoms with Gasteiger partial charge in [0.15, 0.2) is 0 Å². The minimum Gasteiger partial charge on any atom is -0.481 e. The van der Waals surface area contributed by atoms with Crippen molar-refractivity contribution >= 4 is 10.8 Å². The molecule has 0 spiro atoms. The smallest absolute Gasteiger partial charge is 0.417 e. The number of nitrogens with zero attached hydrogens (tertiary/aromatic N) is 1. The van der Waals surface area contributed by atoms with Crippen LogP contribution in [0.3, 0.4) is 0 Å². The summed E-state index contributed by atoms with van der Waals surface area (Å²) < 4.78 is 56.3.